The van der Waals surface area contributed by atoms with Crippen LogP contribution < -0.4 is 11.1 Å². The lowest BCUT2D eigenvalue weighted by molar-refractivity contribution is 0.194. The quantitative estimate of drug-likeness (QED) is 0.590. The van der Waals surface area contributed by atoms with Gasteiger partial charge < -0.3 is 21.1 Å². The first-order chi connectivity index (χ1) is 7.68. The third-order valence-corrected chi connectivity index (χ3v) is 2.50. The molecule has 1 amide bonds. The van der Waals surface area contributed by atoms with E-state index in [1.807, 2.05) is 24.4 Å². The van der Waals surface area contributed by atoms with Crippen molar-refractivity contribution in [2.75, 3.05) is 12.3 Å². The Morgan fingerprint density at radius 3 is 3.06 bits per heavy atom. The summed E-state index contributed by atoms with van der Waals surface area (Å²) >= 11 is 0. The normalized spacial score (nSPS) is 10.5. The number of carboxylic acid groups (broad SMARTS) is 1. The Morgan fingerprint density at radius 2 is 2.31 bits per heavy atom. The number of hydrogen-bond donors (Lipinski definition) is 4. The first-order valence-electron chi connectivity index (χ1n) is 4.99. The van der Waals surface area contributed by atoms with Crippen LogP contribution in [0, 0.1) is 0 Å². The van der Waals surface area contributed by atoms with E-state index in [-0.39, 0.29) is 0 Å². The molecule has 1 aromatic heterocycles. The van der Waals surface area contributed by atoms with Gasteiger partial charge in [0.1, 0.15) is 0 Å². The zero-order chi connectivity index (χ0) is 11.5. The van der Waals surface area contributed by atoms with E-state index >= 15 is 0 Å². The van der Waals surface area contributed by atoms with Gasteiger partial charge in [-0.25, -0.2) is 4.79 Å². The monoisotopic (exact) mass is 219 g/mol. The first-order valence-corrected chi connectivity index (χ1v) is 4.99. The molecule has 0 radical (unpaired) electrons. The summed E-state index contributed by atoms with van der Waals surface area (Å²) in [6.07, 6.45) is 1.51. The number of H-pyrrole nitrogens is 1. The minimum atomic E-state index is -1.00. The Hall–Kier alpha value is -2.17. The van der Waals surface area contributed by atoms with Gasteiger partial charge in [0.15, 0.2) is 0 Å². The van der Waals surface area contributed by atoms with Crippen molar-refractivity contribution in [1.29, 1.82) is 0 Å². The number of hydrogen-bond acceptors (Lipinski definition) is 2. The number of rotatable bonds is 3. The van der Waals surface area contributed by atoms with Gasteiger partial charge in [-0.2, -0.15) is 0 Å². The van der Waals surface area contributed by atoms with Gasteiger partial charge in [-0.1, -0.05) is 12.1 Å². The molecule has 2 rings (SSSR count). The second-order valence-electron chi connectivity index (χ2n) is 3.57. The molecule has 16 heavy (non-hydrogen) atoms. The molecule has 84 valence electrons. The fourth-order valence-electron chi connectivity index (χ4n) is 1.75. The Labute approximate surface area is 92.3 Å². The van der Waals surface area contributed by atoms with Crippen LogP contribution in [0.5, 0.6) is 0 Å². The van der Waals surface area contributed by atoms with E-state index in [0.717, 1.165) is 16.5 Å². The highest BCUT2D eigenvalue weighted by atomic mass is 16.4. The zero-order valence-electron chi connectivity index (χ0n) is 8.66. The van der Waals surface area contributed by atoms with Crippen LogP contribution in [-0.2, 0) is 6.42 Å². The zero-order valence-corrected chi connectivity index (χ0v) is 8.66. The van der Waals surface area contributed by atoms with Crippen LogP contribution in [0.15, 0.2) is 24.4 Å². The number of aromatic amines is 1. The van der Waals surface area contributed by atoms with Crippen molar-refractivity contribution < 1.29 is 9.90 Å². The van der Waals surface area contributed by atoms with Crippen molar-refractivity contribution in [1.82, 2.24) is 10.3 Å². The van der Waals surface area contributed by atoms with Crippen molar-refractivity contribution in [3.8, 4) is 0 Å². The van der Waals surface area contributed by atoms with Gasteiger partial charge in [0.25, 0.3) is 0 Å². The van der Waals surface area contributed by atoms with Crippen molar-refractivity contribution in [3.63, 3.8) is 0 Å². The van der Waals surface area contributed by atoms with Crippen molar-refractivity contribution in [2.45, 2.75) is 6.42 Å². The van der Waals surface area contributed by atoms with Crippen LogP contribution in [0.3, 0.4) is 0 Å². The first kappa shape index (κ1) is 10.4. The number of fused-ring (bicyclic) bond motifs is 1. The highest BCUT2D eigenvalue weighted by molar-refractivity contribution is 5.92. The van der Waals surface area contributed by atoms with Crippen LogP contribution in [0.2, 0.25) is 0 Å². The molecule has 1 aromatic carbocycles. The summed E-state index contributed by atoms with van der Waals surface area (Å²) in [6, 6.07) is 5.69. The second-order valence-corrected chi connectivity index (χ2v) is 3.57. The van der Waals surface area contributed by atoms with E-state index in [4.69, 9.17) is 10.8 Å². The number of nitrogen functional groups attached to an aromatic ring is 1. The van der Waals surface area contributed by atoms with E-state index in [1.54, 1.807) is 0 Å². The Bertz CT molecular complexity index is 519. The number of anilines is 1. The topological polar surface area (TPSA) is 91.1 Å². The number of aromatic nitrogens is 1. The van der Waals surface area contributed by atoms with Crippen LogP contribution in [0.4, 0.5) is 10.5 Å². The third-order valence-electron chi connectivity index (χ3n) is 2.50. The molecule has 0 saturated carbocycles. The summed E-state index contributed by atoms with van der Waals surface area (Å²) in [5.41, 5.74) is 8.48. The van der Waals surface area contributed by atoms with Gasteiger partial charge in [-0.05, 0) is 18.1 Å². The SMILES string of the molecule is Nc1cccc2c(CCNC(=O)O)c[nH]c12. The molecule has 0 saturated heterocycles. The molecule has 0 fully saturated rings. The molecule has 5 nitrogen and oxygen atoms in total. The van der Waals surface area contributed by atoms with Gasteiger partial charge in [0, 0.05) is 18.1 Å². The molecular formula is C11H13N3O2. The lowest BCUT2D eigenvalue weighted by Crippen LogP contribution is -2.23. The highest BCUT2D eigenvalue weighted by Gasteiger charge is 2.05. The summed E-state index contributed by atoms with van der Waals surface area (Å²) in [7, 11) is 0. The standard InChI is InChI=1S/C11H13N3O2/c12-9-3-1-2-8-7(6-14-10(8)9)4-5-13-11(15)16/h1-3,6,13-14H,4-5,12H2,(H,15,16). The molecule has 0 aliphatic carbocycles. The number of nitrogens with two attached hydrogens (primary N) is 1. The molecule has 1 heterocycles. The van der Waals surface area contributed by atoms with E-state index < -0.39 is 6.09 Å². The van der Waals surface area contributed by atoms with Crippen molar-refractivity contribution in [2.24, 2.45) is 0 Å². The highest BCUT2D eigenvalue weighted by Crippen LogP contribution is 2.23. The predicted octanol–water partition coefficient (Wildman–Crippen LogP) is 1.56. The van der Waals surface area contributed by atoms with Crippen LogP contribution in [0.1, 0.15) is 5.56 Å². The van der Waals surface area contributed by atoms with Gasteiger partial charge in [0.05, 0.1) is 11.2 Å². The van der Waals surface area contributed by atoms with E-state index in [9.17, 15) is 4.79 Å². The molecule has 5 heteroatoms. The molecule has 0 unspecified atom stereocenters. The molecule has 0 atom stereocenters. The summed E-state index contributed by atoms with van der Waals surface area (Å²) in [5.74, 6) is 0. The second kappa shape index (κ2) is 4.14. The lowest BCUT2D eigenvalue weighted by atomic mass is 10.1. The number of amides is 1. The van der Waals surface area contributed by atoms with Gasteiger partial charge in [-0.3, -0.25) is 0 Å². The summed E-state index contributed by atoms with van der Waals surface area (Å²) < 4.78 is 0. The molecule has 0 bridgehead atoms. The fourth-order valence-corrected chi connectivity index (χ4v) is 1.75. The number of nitrogens with one attached hydrogen (secondary N) is 2. The van der Waals surface area contributed by atoms with E-state index in [2.05, 4.69) is 10.3 Å². The van der Waals surface area contributed by atoms with E-state index in [0.29, 0.717) is 18.7 Å². The average Bonchev–Trinajstić information content (AvgIpc) is 2.63. The molecule has 0 aliphatic rings. The van der Waals surface area contributed by atoms with E-state index in [1.165, 1.54) is 0 Å². The third kappa shape index (κ3) is 1.93. The van der Waals surface area contributed by atoms with Crippen LogP contribution in [0.25, 0.3) is 10.9 Å². The Balaban J connectivity index is 2.19. The van der Waals surface area contributed by atoms with Crippen molar-refractivity contribution >= 4 is 22.7 Å². The fraction of sp³-hybridized carbons (Fsp3) is 0.182. The van der Waals surface area contributed by atoms with Gasteiger partial charge in [0.2, 0.25) is 0 Å². The number of benzene rings is 1. The molecular weight excluding hydrogens is 206 g/mol. The maximum absolute atomic E-state index is 10.3. The van der Waals surface area contributed by atoms with Crippen molar-refractivity contribution in [3.05, 3.63) is 30.0 Å². The number of carbonyl (C=O) groups is 1. The largest absolute Gasteiger partial charge is 0.465 e. The summed E-state index contributed by atoms with van der Waals surface area (Å²) in [4.78, 5) is 13.4. The molecule has 5 N–H and O–H groups in total. The Morgan fingerprint density at radius 1 is 1.50 bits per heavy atom. The van der Waals surface area contributed by atoms with Gasteiger partial charge >= 0.3 is 6.09 Å². The Kier molecular flexibility index (Phi) is 2.68. The molecule has 2 aromatic rings. The van der Waals surface area contributed by atoms with Crippen LogP contribution >= 0.6 is 0 Å². The maximum atomic E-state index is 10.3. The summed E-state index contributed by atoms with van der Waals surface area (Å²) in [6.45, 7) is 0.400. The average molecular weight is 219 g/mol. The lowest BCUT2D eigenvalue weighted by Gasteiger charge is -2.00. The number of para-hydroxylation sites is 1. The molecule has 0 spiro atoms. The predicted molar refractivity (Wildman–Crippen MR) is 62.4 cm³/mol. The minimum absolute atomic E-state index is 0.400. The van der Waals surface area contributed by atoms with Crippen LogP contribution in [-0.4, -0.2) is 22.7 Å². The summed E-state index contributed by atoms with van der Waals surface area (Å²) in [5, 5.41) is 11.8. The smallest absolute Gasteiger partial charge is 0.404 e. The maximum Gasteiger partial charge on any atom is 0.404 e. The minimum Gasteiger partial charge on any atom is -0.465 e. The van der Waals surface area contributed by atoms with Gasteiger partial charge in [-0.15, -0.1) is 0 Å². The molecule has 0 aliphatic heterocycles.